The van der Waals surface area contributed by atoms with E-state index in [9.17, 15) is 9.59 Å². The van der Waals surface area contributed by atoms with Gasteiger partial charge in [-0.1, -0.05) is 84.1 Å². The maximum Gasteiger partial charge on any atom is 0.338 e. The molecule has 1 aliphatic heterocycles. The third kappa shape index (κ3) is 5.69. The standard InChI is InChI=1S/C35H29IN2O5S/c1-4-42-34(40)30-21(2)37-35-38(31(30)24-12-6-5-7-13-24)33(39)29(44-35)19-22-17-27(36)32(28(18-22)41-3)43-20-25-15-10-14-23-11-8-9-16-26(23)25/h5-19,31H,4,20H2,1-3H3/b29-19+/t31-/m0/s1. The maximum atomic E-state index is 14.0. The number of carbonyl (C=O) groups is 1. The highest BCUT2D eigenvalue weighted by Gasteiger charge is 2.33. The van der Waals surface area contributed by atoms with Crippen LogP contribution in [0.1, 0.15) is 36.6 Å². The van der Waals surface area contributed by atoms with Crippen molar-refractivity contribution in [2.45, 2.75) is 26.5 Å². The zero-order valence-corrected chi connectivity index (χ0v) is 27.3. The third-order valence-electron chi connectivity index (χ3n) is 7.43. The summed E-state index contributed by atoms with van der Waals surface area (Å²) in [5.41, 5.74) is 3.33. The Hall–Kier alpha value is -4.22. The molecule has 9 heteroatoms. The molecule has 0 saturated heterocycles. The molecule has 0 unspecified atom stereocenters. The topological polar surface area (TPSA) is 79.1 Å². The molecule has 1 aliphatic rings. The summed E-state index contributed by atoms with van der Waals surface area (Å²) in [4.78, 5) is 32.2. The number of nitrogens with zero attached hydrogens (tertiary/aromatic N) is 2. The van der Waals surface area contributed by atoms with Gasteiger partial charge in [-0.2, -0.15) is 0 Å². The molecule has 0 fully saturated rings. The van der Waals surface area contributed by atoms with Crippen molar-refractivity contribution in [3.8, 4) is 11.5 Å². The molecule has 0 spiro atoms. The maximum absolute atomic E-state index is 14.0. The van der Waals surface area contributed by atoms with Crippen LogP contribution in [0, 0.1) is 3.57 Å². The molecule has 1 atom stereocenters. The van der Waals surface area contributed by atoms with Crippen molar-refractivity contribution >= 4 is 56.7 Å². The number of hydrogen-bond donors (Lipinski definition) is 0. The number of rotatable bonds is 8. The Bertz CT molecular complexity index is 2090. The lowest BCUT2D eigenvalue weighted by atomic mass is 9.96. The molecule has 1 aromatic heterocycles. The van der Waals surface area contributed by atoms with Crippen molar-refractivity contribution in [2.75, 3.05) is 13.7 Å². The molecule has 0 N–H and O–H groups in total. The second-order valence-corrected chi connectivity index (χ2v) is 12.3. The first kappa shape index (κ1) is 29.8. The molecule has 7 nitrogen and oxygen atoms in total. The smallest absolute Gasteiger partial charge is 0.338 e. The number of allylic oxidation sites excluding steroid dienone is 1. The fraction of sp³-hybridized carbons (Fsp3) is 0.171. The Labute approximate surface area is 271 Å². The summed E-state index contributed by atoms with van der Waals surface area (Å²) < 4.78 is 20.4. The van der Waals surface area contributed by atoms with Crippen LogP contribution >= 0.6 is 33.9 Å². The first-order chi connectivity index (χ1) is 21.4. The summed E-state index contributed by atoms with van der Waals surface area (Å²) in [5, 5.41) is 2.30. The second-order valence-electron chi connectivity index (χ2n) is 10.2. The fourth-order valence-corrected chi connectivity index (χ4v) is 7.25. The number of benzene rings is 4. The number of esters is 1. The summed E-state index contributed by atoms with van der Waals surface area (Å²) >= 11 is 3.52. The Morgan fingerprint density at radius 3 is 2.57 bits per heavy atom. The van der Waals surface area contributed by atoms with E-state index in [1.807, 2.05) is 66.7 Å². The Morgan fingerprint density at radius 2 is 1.80 bits per heavy atom. The van der Waals surface area contributed by atoms with Gasteiger partial charge in [0.05, 0.1) is 39.1 Å². The number of carbonyl (C=O) groups excluding carboxylic acids is 1. The Kier molecular flexibility index (Phi) is 8.67. The van der Waals surface area contributed by atoms with Gasteiger partial charge in [0.1, 0.15) is 6.61 Å². The molecule has 5 aromatic rings. The lowest BCUT2D eigenvalue weighted by molar-refractivity contribution is -0.139. The minimum absolute atomic E-state index is 0.226. The van der Waals surface area contributed by atoms with Gasteiger partial charge in [-0.15, -0.1) is 0 Å². The molecule has 0 amide bonds. The van der Waals surface area contributed by atoms with Crippen LogP contribution < -0.4 is 24.4 Å². The van der Waals surface area contributed by atoms with E-state index in [0.717, 1.165) is 31.0 Å². The molecular weight excluding hydrogens is 687 g/mol. The van der Waals surface area contributed by atoms with E-state index in [-0.39, 0.29) is 12.2 Å². The lowest BCUT2D eigenvalue weighted by Gasteiger charge is -2.24. The predicted octanol–water partition coefficient (Wildman–Crippen LogP) is 6.14. The van der Waals surface area contributed by atoms with Crippen molar-refractivity contribution < 1.29 is 19.0 Å². The van der Waals surface area contributed by atoms with E-state index in [0.29, 0.717) is 38.7 Å². The van der Waals surface area contributed by atoms with Gasteiger partial charge in [-0.3, -0.25) is 9.36 Å². The van der Waals surface area contributed by atoms with Crippen LogP contribution in [0.2, 0.25) is 0 Å². The normalized spacial score (nSPS) is 14.7. The van der Waals surface area contributed by atoms with Gasteiger partial charge in [-0.05, 0) is 82.1 Å². The molecule has 0 radical (unpaired) electrons. The fourth-order valence-electron chi connectivity index (χ4n) is 5.43. The molecule has 6 rings (SSSR count). The van der Waals surface area contributed by atoms with Gasteiger partial charge < -0.3 is 14.2 Å². The number of fused-ring (bicyclic) bond motifs is 2. The van der Waals surface area contributed by atoms with Crippen molar-refractivity contribution in [1.29, 1.82) is 0 Å². The van der Waals surface area contributed by atoms with E-state index in [2.05, 4.69) is 51.8 Å². The van der Waals surface area contributed by atoms with E-state index < -0.39 is 12.0 Å². The molecule has 0 saturated carbocycles. The Morgan fingerprint density at radius 1 is 1.05 bits per heavy atom. The predicted molar refractivity (Wildman–Crippen MR) is 181 cm³/mol. The number of halogens is 1. The zero-order valence-electron chi connectivity index (χ0n) is 24.4. The summed E-state index contributed by atoms with van der Waals surface area (Å²) in [7, 11) is 1.60. The monoisotopic (exact) mass is 716 g/mol. The average Bonchev–Trinajstić information content (AvgIpc) is 3.33. The minimum Gasteiger partial charge on any atom is -0.493 e. The van der Waals surface area contributed by atoms with Gasteiger partial charge in [0, 0.05) is 0 Å². The highest BCUT2D eigenvalue weighted by molar-refractivity contribution is 14.1. The number of hydrogen-bond acceptors (Lipinski definition) is 7. The summed E-state index contributed by atoms with van der Waals surface area (Å²) in [6, 6.07) is 27.1. The second kappa shape index (κ2) is 12.8. The number of ether oxygens (including phenoxy) is 3. The van der Waals surface area contributed by atoms with Crippen LogP contribution in [0.4, 0.5) is 0 Å². The van der Waals surface area contributed by atoms with Crippen LogP contribution in [0.15, 0.2) is 106 Å². The van der Waals surface area contributed by atoms with Gasteiger partial charge in [-0.25, -0.2) is 9.79 Å². The number of thiazole rings is 1. The van der Waals surface area contributed by atoms with E-state index in [1.165, 1.54) is 11.3 Å². The van der Waals surface area contributed by atoms with Crippen molar-refractivity contribution in [3.05, 3.63) is 136 Å². The lowest BCUT2D eigenvalue weighted by Crippen LogP contribution is -2.39. The molecule has 4 aromatic carbocycles. The quantitative estimate of drug-likeness (QED) is 0.143. The SMILES string of the molecule is CCOC(=O)C1=C(C)N=c2s/c(=C/c3cc(I)c(OCc4cccc5ccccc45)c(OC)c3)c(=O)n2[C@H]1c1ccccc1. The first-order valence-corrected chi connectivity index (χ1v) is 16.0. The van der Waals surface area contributed by atoms with Gasteiger partial charge >= 0.3 is 5.97 Å². The van der Waals surface area contributed by atoms with Gasteiger partial charge in [0.25, 0.3) is 5.56 Å². The van der Waals surface area contributed by atoms with Crippen LogP contribution in [0.3, 0.4) is 0 Å². The largest absolute Gasteiger partial charge is 0.493 e. The van der Waals surface area contributed by atoms with Gasteiger partial charge in [0.2, 0.25) is 0 Å². The summed E-state index contributed by atoms with van der Waals surface area (Å²) in [6.07, 6.45) is 1.83. The van der Waals surface area contributed by atoms with Gasteiger partial charge in [0.15, 0.2) is 16.3 Å². The molecule has 222 valence electrons. The molecule has 0 aliphatic carbocycles. The van der Waals surface area contributed by atoms with Crippen LogP contribution in [-0.2, 0) is 16.1 Å². The van der Waals surface area contributed by atoms with Crippen LogP contribution in [-0.4, -0.2) is 24.3 Å². The number of methoxy groups -OCH3 is 1. The molecule has 44 heavy (non-hydrogen) atoms. The minimum atomic E-state index is -0.645. The van der Waals surface area contributed by atoms with Crippen LogP contribution in [0.5, 0.6) is 11.5 Å². The highest BCUT2D eigenvalue weighted by Crippen LogP contribution is 2.35. The average molecular weight is 717 g/mol. The zero-order chi connectivity index (χ0) is 30.8. The number of aromatic nitrogens is 1. The Balaban J connectivity index is 1.39. The molecule has 2 heterocycles. The highest BCUT2D eigenvalue weighted by atomic mass is 127. The first-order valence-electron chi connectivity index (χ1n) is 14.1. The summed E-state index contributed by atoms with van der Waals surface area (Å²) in [5.74, 6) is 0.729. The third-order valence-corrected chi connectivity index (χ3v) is 9.22. The molecule has 0 bridgehead atoms. The van der Waals surface area contributed by atoms with Crippen molar-refractivity contribution in [1.82, 2.24) is 4.57 Å². The summed E-state index contributed by atoms with van der Waals surface area (Å²) in [6.45, 7) is 4.15. The molecular formula is C35H29IN2O5S. The van der Waals surface area contributed by atoms with Crippen molar-refractivity contribution in [2.24, 2.45) is 4.99 Å². The van der Waals surface area contributed by atoms with Crippen molar-refractivity contribution in [3.63, 3.8) is 0 Å². The van der Waals surface area contributed by atoms with E-state index >= 15 is 0 Å². The van der Waals surface area contributed by atoms with E-state index in [4.69, 9.17) is 14.2 Å². The van der Waals surface area contributed by atoms with E-state index in [1.54, 1.807) is 25.5 Å². The van der Waals surface area contributed by atoms with Crippen LogP contribution in [0.25, 0.3) is 16.8 Å².